The minimum absolute atomic E-state index is 0.385. The number of rotatable bonds is 2. The van der Waals surface area contributed by atoms with E-state index in [4.69, 9.17) is 21.9 Å². The summed E-state index contributed by atoms with van der Waals surface area (Å²) < 4.78 is 5.39. The third-order valence-corrected chi connectivity index (χ3v) is 4.70. The third kappa shape index (κ3) is 3.05. The molecule has 0 aliphatic heterocycles. The van der Waals surface area contributed by atoms with Gasteiger partial charge >= 0.3 is 0 Å². The molecule has 0 amide bonds. The molecule has 1 fully saturated rings. The van der Waals surface area contributed by atoms with Crippen LogP contribution in [-0.4, -0.2) is 10.1 Å². The van der Waals surface area contributed by atoms with E-state index in [0.29, 0.717) is 33.5 Å². The van der Waals surface area contributed by atoms with Crippen molar-refractivity contribution in [1.29, 1.82) is 0 Å². The van der Waals surface area contributed by atoms with Gasteiger partial charge < -0.3 is 10.3 Å². The van der Waals surface area contributed by atoms with Gasteiger partial charge in [-0.1, -0.05) is 30.6 Å². The van der Waals surface area contributed by atoms with Crippen LogP contribution >= 0.6 is 11.6 Å². The normalized spacial score (nSPS) is 18.8. The number of nitrogen functional groups attached to an aromatic ring is 1. The summed E-state index contributed by atoms with van der Waals surface area (Å²) in [6, 6.07) is 5.27. The van der Waals surface area contributed by atoms with E-state index in [1.54, 1.807) is 18.2 Å². The van der Waals surface area contributed by atoms with Crippen molar-refractivity contribution in [1.82, 2.24) is 10.1 Å². The molecule has 0 radical (unpaired) electrons. The maximum atomic E-state index is 6.18. The van der Waals surface area contributed by atoms with Crippen LogP contribution in [0, 0.1) is 5.41 Å². The number of benzene rings is 1. The predicted octanol–water partition coefficient (Wildman–Crippen LogP) is 4.66. The Labute approximate surface area is 129 Å². The number of halogens is 1. The molecule has 2 N–H and O–H groups in total. The second kappa shape index (κ2) is 5.34. The number of nitrogens with zero attached hydrogens (tertiary/aromatic N) is 2. The van der Waals surface area contributed by atoms with Crippen molar-refractivity contribution in [3.63, 3.8) is 0 Å². The molecule has 0 unspecified atom stereocenters. The molecule has 21 heavy (non-hydrogen) atoms. The van der Waals surface area contributed by atoms with Gasteiger partial charge in [0, 0.05) is 11.6 Å². The maximum Gasteiger partial charge on any atom is 0.259 e. The van der Waals surface area contributed by atoms with Crippen molar-refractivity contribution in [3.8, 4) is 11.5 Å². The number of nitrogens with two attached hydrogens (primary N) is 1. The average Bonchev–Trinajstić information content (AvgIpc) is 2.91. The fourth-order valence-electron chi connectivity index (χ4n) is 2.87. The summed E-state index contributed by atoms with van der Waals surface area (Å²) in [5.41, 5.74) is 7.56. The van der Waals surface area contributed by atoms with Crippen molar-refractivity contribution in [2.45, 2.75) is 45.4 Å². The molecule has 3 rings (SSSR count). The van der Waals surface area contributed by atoms with Crippen LogP contribution in [0.1, 0.15) is 51.3 Å². The standard InChI is InChI=1S/C16H20ClN3O/c1-16(2)7-5-10(6-8-16)14-19-15(21-20-14)12-9-11(18)3-4-13(12)17/h3-4,9-10H,5-8,18H2,1-2H3. The minimum Gasteiger partial charge on any atom is -0.399 e. The second-order valence-corrected chi connectivity index (χ2v) is 7.04. The highest BCUT2D eigenvalue weighted by Gasteiger charge is 2.30. The summed E-state index contributed by atoms with van der Waals surface area (Å²) in [6.07, 6.45) is 4.61. The van der Waals surface area contributed by atoms with E-state index in [1.807, 2.05) is 0 Å². The van der Waals surface area contributed by atoms with E-state index in [1.165, 1.54) is 12.8 Å². The van der Waals surface area contributed by atoms with Crippen molar-refractivity contribution in [2.75, 3.05) is 5.73 Å². The highest BCUT2D eigenvalue weighted by Crippen LogP contribution is 2.42. The Morgan fingerprint density at radius 2 is 2.00 bits per heavy atom. The van der Waals surface area contributed by atoms with Gasteiger partial charge in [-0.2, -0.15) is 4.98 Å². The first-order valence-corrected chi connectivity index (χ1v) is 7.71. The van der Waals surface area contributed by atoms with Crippen LogP contribution in [0.2, 0.25) is 5.02 Å². The van der Waals surface area contributed by atoms with Crippen molar-refractivity contribution >= 4 is 17.3 Å². The molecular formula is C16H20ClN3O. The first-order chi connectivity index (χ1) is 9.94. The minimum atomic E-state index is 0.385. The molecule has 0 bridgehead atoms. The summed E-state index contributed by atoms with van der Waals surface area (Å²) >= 11 is 6.18. The third-order valence-electron chi connectivity index (χ3n) is 4.37. The van der Waals surface area contributed by atoms with E-state index >= 15 is 0 Å². The summed E-state index contributed by atoms with van der Waals surface area (Å²) in [4.78, 5) is 4.54. The fourth-order valence-corrected chi connectivity index (χ4v) is 3.07. The highest BCUT2D eigenvalue weighted by molar-refractivity contribution is 6.33. The van der Waals surface area contributed by atoms with Crippen LogP contribution in [0.15, 0.2) is 22.7 Å². The molecule has 2 aromatic rings. The Kier molecular flexibility index (Phi) is 3.66. The second-order valence-electron chi connectivity index (χ2n) is 6.64. The zero-order valence-electron chi connectivity index (χ0n) is 12.4. The molecule has 1 aromatic heterocycles. The van der Waals surface area contributed by atoms with E-state index in [9.17, 15) is 0 Å². The lowest BCUT2D eigenvalue weighted by atomic mass is 9.73. The van der Waals surface area contributed by atoms with Gasteiger partial charge in [-0.3, -0.25) is 0 Å². The van der Waals surface area contributed by atoms with Gasteiger partial charge in [-0.25, -0.2) is 0 Å². The van der Waals surface area contributed by atoms with Crippen LogP contribution in [0.4, 0.5) is 5.69 Å². The lowest BCUT2D eigenvalue weighted by molar-refractivity contribution is 0.218. The number of anilines is 1. The Morgan fingerprint density at radius 1 is 1.29 bits per heavy atom. The van der Waals surface area contributed by atoms with Crippen molar-refractivity contribution in [2.24, 2.45) is 5.41 Å². The topological polar surface area (TPSA) is 64.9 Å². The number of hydrogen-bond acceptors (Lipinski definition) is 4. The molecule has 0 spiro atoms. The van der Waals surface area contributed by atoms with Gasteiger partial charge in [0.2, 0.25) is 0 Å². The largest absolute Gasteiger partial charge is 0.399 e. The Morgan fingerprint density at radius 3 is 2.71 bits per heavy atom. The molecule has 112 valence electrons. The Bertz CT molecular complexity index is 641. The predicted molar refractivity (Wildman–Crippen MR) is 84.1 cm³/mol. The molecule has 0 atom stereocenters. The van der Waals surface area contributed by atoms with Crippen LogP contribution in [0.25, 0.3) is 11.5 Å². The van der Waals surface area contributed by atoms with Crippen LogP contribution in [-0.2, 0) is 0 Å². The zero-order valence-corrected chi connectivity index (χ0v) is 13.2. The molecule has 5 heteroatoms. The van der Waals surface area contributed by atoms with Gasteiger partial charge in [0.15, 0.2) is 5.82 Å². The van der Waals surface area contributed by atoms with Crippen molar-refractivity contribution in [3.05, 3.63) is 29.0 Å². The average molecular weight is 306 g/mol. The van der Waals surface area contributed by atoms with Crippen LogP contribution < -0.4 is 5.73 Å². The summed E-state index contributed by atoms with van der Waals surface area (Å²) in [7, 11) is 0. The van der Waals surface area contributed by atoms with E-state index in [0.717, 1.165) is 18.7 Å². The monoisotopic (exact) mass is 305 g/mol. The Balaban J connectivity index is 1.82. The molecule has 1 heterocycles. The van der Waals surface area contributed by atoms with E-state index in [-0.39, 0.29) is 0 Å². The lowest BCUT2D eigenvalue weighted by Gasteiger charge is -2.32. The molecule has 1 aromatic carbocycles. The zero-order chi connectivity index (χ0) is 15.0. The van der Waals surface area contributed by atoms with E-state index in [2.05, 4.69) is 24.0 Å². The maximum absolute atomic E-state index is 6.18. The van der Waals surface area contributed by atoms with E-state index < -0.39 is 0 Å². The fraction of sp³-hybridized carbons (Fsp3) is 0.500. The van der Waals surface area contributed by atoms with Crippen molar-refractivity contribution < 1.29 is 4.52 Å². The Hall–Kier alpha value is -1.55. The van der Waals surface area contributed by atoms with Gasteiger partial charge in [-0.15, -0.1) is 0 Å². The summed E-state index contributed by atoms with van der Waals surface area (Å²) in [5.74, 6) is 1.63. The molecule has 1 aliphatic rings. The van der Waals surface area contributed by atoms with Gasteiger partial charge in [0.1, 0.15) is 0 Å². The number of aromatic nitrogens is 2. The smallest absolute Gasteiger partial charge is 0.259 e. The van der Waals surface area contributed by atoms with Gasteiger partial charge in [0.05, 0.1) is 10.6 Å². The van der Waals surface area contributed by atoms with Crippen LogP contribution in [0.3, 0.4) is 0 Å². The van der Waals surface area contributed by atoms with Gasteiger partial charge in [-0.05, 0) is 49.3 Å². The molecule has 4 nitrogen and oxygen atoms in total. The summed E-state index contributed by atoms with van der Waals surface area (Å²) in [6.45, 7) is 4.63. The highest BCUT2D eigenvalue weighted by atomic mass is 35.5. The quantitative estimate of drug-likeness (QED) is 0.820. The first-order valence-electron chi connectivity index (χ1n) is 7.34. The lowest BCUT2D eigenvalue weighted by Crippen LogP contribution is -2.20. The van der Waals surface area contributed by atoms with Gasteiger partial charge in [0.25, 0.3) is 5.89 Å². The SMILES string of the molecule is CC1(C)CCC(c2noc(-c3cc(N)ccc3Cl)n2)CC1. The number of hydrogen-bond donors (Lipinski definition) is 1. The van der Waals surface area contributed by atoms with Crippen LogP contribution in [0.5, 0.6) is 0 Å². The molecule has 1 aliphatic carbocycles. The first kappa shape index (κ1) is 14.4. The molecular weight excluding hydrogens is 286 g/mol. The molecule has 0 saturated heterocycles. The molecule has 1 saturated carbocycles. The summed E-state index contributed by atoms with van der Waals surface area (Å²) in [5, 5.41) is 4.72.